The standard InChI is InChI=1S/C12H24N2O/c1-9(2)10(3)14(4)12(15)8-11-6-5-7-13-11/h9-11,13H,5-8H2,1-4H3. The topological polar surface area (TPSA) is 32.3 Å². The lowest BCUT2D eigenvalue weighted by Crippen LogP contribution is -2.40. The summed E-state index contributed by atoms with van der Waals surface area (Å²) in [6, 6.07) is 0.748. The van der Waals surface area contributed by atoms with Crippen LogP contribution in [0.2, 0.25) is 0 Å². The molecule has 0 aliphatic carbocycles. The maximum absolute atomic E-state index is 11.9. The molecule has 0 aromatic rings. The normalized spacial score (nSPS) is 23.1. The molecule has 0 saturated carbocycles. The van der Waals surface area contributed by atoms with Crippen LogP contribution in [-0.4, -0.2) is 36.5 Å². The first-order valence-corrected chi connectivity index (χ1v) is 6.01. The van der Waals surface area contributed by atoms with Gasteiger partial charge in [0.25, 0.3) is 0 Å². The van der Waals surface area contributed by atoms with E-state index in [1.807, 2.05) is 11.9 Å². The molecule has 1 amide bonds. The molecule has 2 atom stereocenters. The Balaban J connectivity index is 2.38. The van der Waals surface area contributed by atoms with Crippen LogP contribution in [0.4, 0.5) is 0 Å². The van der Waals surface area contributed by atoms with E-state index in [1.165, 1.54) is 6.42 Å². The highest BCUT2D eigenvalue weighted by molar-refractivity contribution is 5.76. The first-order valence-electron chi connectivity index (χ1n) is 6.01. The molecule has 0 spiro atoms. The summed E-state index contributed by atoms with van der Waals surface area (Å²) in [6.07, 6.45) is 3.02. The number of nitrogens with zero attached hydrogens (tertiary/aromatic N) is 1. The SMILES string of the molecule is CC(C)C(C)N(C)C(=O)CC1CCCN1. The number of nitrogens with one attached hydrogen (secondary N) is 1. The minimum absolute atomic E-state index is 0.274. The average molecular weight is 212 g/mol. The largest absolute Gasteiger partial charge is 0.343 e. The number of rotatable bonds is 4. The van der Waals surface area contributed by atoms with Gasteiger partial charge in [-0.25, -0.2) is 0 Å². The van der Waals surface area contributed by atoms with E-state index in [4.69, 9.17) is 0 Å². The van der Waals surface area contributed by atoms with Gasteiger partial charge in [0.2, 0.25) is 5.91 Å². The predicted molar refractivity (Wildman–Crippen MR) is 62.7 cm³/mol. The van der Waals surface area contributed by atoms with Crippen molar-refractivity contribution in [3.8, 4) is 0 Å². The molecule has 1 heterocycles. The second-order valence-electron chi connectivity index (χ2n) is 4.99. The lowest BCUT2D eigenvalue weighted by atomic mass is 10.0. The summed E-state index contributed by atoms with van der Waals surface area (Å²) in [5.41, 5.74) is 0. The summed E-state index contributed by atoms with van der Waals surface area (Å²) in [5, 5.41) is 3.36. The Morgan fingerprint density at radius 1 is 1.47 bits per heavy atom. The Kier molecular flexibility index (Phi) is 4.58. The van der Waals surface area contributed by atoms with Crippen molar-refractivity contribution in [2.45, 2.75) is 52.1 Å². The van der Waals surface area contributed by atoms with Crippen molar-refractivity contribution in [2.75, 3.05) is 13.6 Å². The zero-order valence-electron chi connectivity index (χ0n) is 10.4. The molecule has 0 aromatic heterocycles. The average Bonchev–Trinajstić information content (AvgIpc) is 2.67. The molecule has 0 aromatic carbocycles. The van der Waals surface area contributed by atoms with Crippen LogP contribution in [0.5, 0.6) is 0 Å². The minimum Gasteiger partial charge on any atom is -0.343 e. The third-order valence-electron chi connectivity index (χ3n) is 3.55. The van der Waals surface area contributed by atoms with Gasteiger partial charge in [-0.05, 0) is 32.2 Å². The predicted octanol–water partition coefficient (Wildman–Crippen LogP) is 1.63. The Hall–Kier alpha value is -0.570. The van der Waals surface area contributed by atoms with E-state index in [-0.39, 0.29) is 5.91 Å². The molecule has 0 radical (unpaired) electrons. The Morgan fingerprint density at radius 2 is 2.13 bits per heavy atom. The van der Waals surface area contributed by atoms with Crippen molar-refractivity contribution in [1.29, 1.82) is 0 Å². The lowest BCUT2D eigenvalue weighted by molar-refractivity contribution is -0.132. The Bertz CT molecular complexity index is 210. The van der Waals surface area contributed by atoms with E-state index in [0.29, 0.717) is 24.4 Å². The van der Waals surface area contributed by atoms with Gasteiger partial charge >= 0.3 is 0 Å². The van der Waals surface area contributed by atoms with Crippen LogP contribution in [-0.2, 0) is 4.79 Å². The molecular formula is C12H24N2O. The second-order valence-corrected chi connectivity index (χ2v) is 4.99. The van der Waals surface area contributed by atoms with Gasteiger partial charge in [-0.1, -0.05) is 13.8 Å². The molecule has 15 heavy (non-hydrogen) atoms. The van der Waals surface area contributed by atoms with Crippen LogP contribution in [0, 0.1) is 5.92 Å². The Morgan fingerprint density at radius 3 is 2.60 bits per heavy atom. The van der Waals surface area contributed by atoms with Gasteiger partial charge in [-0.2, -0.15) is 0 Å². The van der Waals surface area contributed by atoms with Crippen LogP contribution in [0.15, 0.2) is 0 Å². The maximum Gasteiger partial charge on any atom is 0.224 e. The van der Waals surface area contributed by atoms with Gasteiger partial charge in [-0.3, -0.25) is 4.79 Å². The molecule has 0 bridgehead atoms. The summed E-state index contributed by atoms with van der Waals surface area (Å²) < 4.78 is 0. The van der Waals surface area contributed by atoms with Crippen LogP contribution in [0.25, 0.3) is 0 Å². The highest BCUT2D eigenvalue weighted by Crippen LogP contribution is 2.13. The minimum atomic E-state index is 0.274. The van der Waals surface area contributed by atoms with Gasteiger partial charge in [-0.15, -0.1) is 0 Å². The van der Waals surface area contributed by atoms with E-state index in [9.17, 15) is 4.79 Å². The molecule has 3 nitrogen and oxygen atoms in total. The van der Waals surface area contributed by atoms with Gasteiger partial charge < -0.3 is 10.2 Å². The quantitative estimate of drug-likeness (QED) is 0.768. The lowest BCUT2D eigenvalue weighted by Gasteiger charge is -2.29. The third kappa shape index (κ3) is 3.49. The van der Waals surface area contributed by atoms with Crippen molar-refractivity contribution in [3.63, 3.8) is 0 Å². The zero-order chi connectivity index (χ0) is 11.4. The number of carbonyl (C=O) groups excluding carboxylic acids is 1. The molecular weight excluding hydrogens is 188 g/mol. The number of carbonyl (C=O) groups is 1. The second kappa shape index (κ2) is 5.50. The first kappa shape index (κ1) is 12.5. The number of amides is 1. The smallest absolute Gasteiger partial charge is 0.224 e. The fourth-order valence-corrected chi connectivity index (χ4v) is 1.96. The van der Waals surface area contributed by atoms with E-state index >= 15 is 0 Å². The third-order valence-corrected chi connectivity index (χ3v) is 3.55. The first-order chi connectivity index (χ1) is 7.02. The van der Waals surface area contributed by atoms with E-state index in [1.54, 1.807) is 0 Å². The van der Waals surface area contributed by atoms with Gasteiger partial charge in [0.1, 0.15) is 0 Å². The van der Waals surface area contributed by atoms with Crippen LogP contribution in [0.3, 0.4) is 0 Å². The molecule has 3 heteroatoms. The van der Waals surface area contributed by atoms with Crippen molar-refractivity contribution in [2.24, 2.45) is 5.92 Å². The van der Waals surface area contributed by atoms with E-state index in [0.717, 1.165) is 13.0 Å². The summed E-state index contributed by atoms with van der Waals surface area (Å²) in [5.74, 6) is 0.797. The summed E-state index contributed by atoms with van der Waals surface area (Å²) >= 11 is 0. The van der Waals surface area contributed by atoms with Crippen molar-refractivity contribution in [3.05, 3.63) is 0 Å². The highest BCUT2D eigenvalue weighted by atomic mass is 16.2. The maximum atomic E-state index is 11.9. The molecule has 1 fully saturated rings. The monoisotopic (exact) mass is 212 g/mol. The van der Waals surface area contributed by atoms with Gasteiger partial charge in [0, 0.05) is 25.6 Å². The van der Waals surface area contributed by atoms with Gasteiger partial charge in [0.05, 0.1) is 0 Å². The highest BCUT2D eigenvalue weighted by Gasteiger charge is 2.23. The molecule has 1 rings (SSSR count). The number of hydrogen-bond acceptors (Lipinski definition) is 2. The van der Waals surface area contributed by atoms with Crippen molar-refractivity contribution in [1.82, 2.24) is 10.2 Å². The summed E-state index contributed by atoms with van der Waals surface area (Å²) in [4.78, 5) is 13.8. The molecule has 2 unspecified atom stereocenters. The van der Waals surface area contributed by atoms with Crippen molar-refractivity contribution >= 4 is 5.91 Å². The number of hydrogen-bond donors (Lipinski definition) is 1. The molecule has 88 valence electrons. The van der Waals surface area contributed by atoms with Crippen LogP contribution < -0.4 is 5.32 Å². The van der Waals surface area contributed by atoms with E-state index < -0.39 is 0 Å². The van der Waals surface area contributed by atoms with E-state index in [2.05, 4.69) is 26.1 Å². The van der Waals surface area contributed by atoms with Gasteiger partial charge in [0.15, 0.2) is 0 Å². The van der Waals surface area contributed by atoms with Crippen LogP contribution >= 0.6 is 0 Å². The fraction of sp³-hybridized carbons (Fsp3) is 0.917. The van der Waals surface area contributed by atoms with Crippen LogP contribution in [0.1, 0.15) is 40.0 Å². The molecule has 1 N–H and O–H groups in total. The molecule has 1 aliphatic rings. The summed E-state index contributed by atoms with van der Waals surface area (Å²) in [7, 11) is 1.92. The molecule has 1 aliphatic heterocycles. The summed E-state index contributed by atoms with van der Waals surface area (Å²) in [6.45, 7) is 7.50. The Labute approximate surface area is 93.2 Å². The zero-order valence-corrected chi connectivity index (χ0v) is 10.4. The molecule has 1 saturated heterocycles. The van der Waals surface area contributed by atoms with Crippen molar-refractivity contribution < 1.29 is 4.79 Å². The fourth-order valence-electron chi connectivity index (χ4n) is 1.96.